The Morgan fingerprint density at radius 3 is 2.94 bits per heavy atom. The van der Waals surface area contributed by atoms with Gasteiger partial charge in [0.05, 0.1) is 12.6 Å². The van der Waals surface area contributed by atoms with E-state index in [1.807, 2.05) is 11.8 Å². The Balaban J connectivity index is 2.11. The van der Waals surface area contributed by atoms with Crippen LogP contribution in [0.1, 0.15) is 31.3 Å². The van der Waals surface area contributed by atoms with E-state index in [1.165, 1.54) is 11.4 Å². The maximum atomic E-state index is 12.0. The number of nitrogens with one attached hydrogen (secondary N) is 1. The molecule has 1 N–H and O–H groups in total. The normalized spacial score (nSPS) is 19.2. The number of hydrogen-bond donors (Lipinski definition) is 1. The molecule has 0 radical (unpaired) electrons. The number of fused-ring (bicyclic) bond motifs is 1. The molecule has 1 aliphatic heterocycles. The maximum Gasteiger partial charge on any atom is 0.237 e. The molecule has 1 aliphatic rings. The summed E-state index contributed by atoms with van der Waals surface area (Å²) < 4.78 is 2.31. The monoisotopic (exact) mass is 235 g/mol. The lowest BCUT2D eigenvalue weighted by Gasteiger charge is -2.35. The Morgan fingerprint density at radius 2 is 2.24 bits per heavy atom. The molecule has 0 saturated heterocycles. The van der Waals surface area contributed by atoms with E-state index in [0.717, 1.165) is 19.6 Å². The molecule has 1 atom stereocenters. The fraction of sp³-hybridized carbons (Fsp3) is 0.615. The van der Waals surface area contributed by atoms with Gasteiger partial charge in [0.25, 0.3) is 0 Å². The summed E-state index contributed by atoms with van der Waals surface area (Å²) >= 11 is 0. The summed E-state index contributed by atoms with van der Waals surface area (Å²) in [5, 5.41) is 3.10. The molecule has 0 aliphatic carbocycles. The van der Waals surface area contributed by atoms with Gasteiger partial charge in [0.15, 0.2) is 0 Å². The molecule has 0 aromatic carbocycles. The molecule has 0 saturated carbocycles. The third-order valence-electron chi connectivity index (χ3n) is 3.54. The van der Waals surface area contributed by atoms with Gasteiger partial charge in [0.1, 0.15) is 0 Å². The number of hydrogen-bond acceptors (Lipinski definition) is 2. The van der Waals surface area contributed by atoms with E-state index in [-0.39, 0.29) is 11.9 Å². The van der Waals surface area contributed by atoms with E-state index in [2.05, 4.69) is 35.9 Å². The van der Waals surface area contributed by atoms with Crippen LogP contribution in [0.25, 0.3) is 0 Å². The van der Waals surface area contributed by atoms with Gasteiger partial charge in [-0.3, -0.25) is 4.79 Å². The molecule has 4 nitrogen and oxygen atoms in total. The van der Waals surface area contributed by atoms with Crippen molar-refractivity contribution in [1.29, 1.82) is 0 Å². The SMILES string of the molecule is CCNCC(=O)N1CCn2c(C)ccc2C1C. The van der Waals surface area contributed by atoms with Crippen molar-refractivity contribution in [2.24, 2.45) is 0 Å². The minimum absolute atomic E-state index is 0.184. The van der Waals surface area contributed by atoms with Gasteiger partial charge in [0.2, 0.25) is 5.91 Å². The van der Waals surface area contributed by atoms with Crippen LogP contribution in [-0.4, -0.2) is 35.0 Å². The van der Waals surface area contributed by atoms with E-state index < -0.39 is 0 Å². The zero-order valence-corrected chi connectivity index (χ0v) is 10.9. The summed E-state index contributed by atoms with van der Waals surface area (Å²) in [6.07, 6.45) is 0. The fourth-order valence-corrected chi connectivity index (χ4v) is 2.50. The molecule has 0 bridgehead atoms. The first kappa shape index (κ1) is 12.2. The highest BCUT2D eigenvalue weighted by Gasteiger charge is 2.27. The Bertz CT molecular complexity index is 411. The first-order valence-electron chi connectivity index (χ1n) is 6.31. The Hall–Kier alpha value is -1.29. The Labute approximate surface area is 103 Å². The first-order valence-corrected chi connectivity index (χ1v) is 6.31. The van der Waals surface area contributed by atoms with Crippen LogP contribution < -0.4 is 5.32 Å². The summed E-state index contributed by atoms with van der Waals surface area (Å²) in [7, 11) is 0. The van der Waals surface area contributed by atoms with Crippen LogP contribution in [0.5, 0.6) is 0 Å². The van der Waals surface area contributed by atoms with Crippen molar-refractivity contribution < 1.29 is 4.79 Å². The van der Waals surface area contributed by atoms with Gasteiger partial charge in [-0.05, 0) is 32.5 Å². The predicted molar refractivity (Wildman–Crippen MR) is 67.8 cm³/mol. The third-order valence-corrected chi connectivity index (χ3v) is 3.54. The number of aryl methyl sites for hydroxylation is 1. The zero-order chi connectivity index (χ0) is 12.4. The van der Waals surface area contributed by atoms with Crippen LogP contribution in [0.3, 0.4) is 0 Å². The van der Waals surface area contributed by atoms with Crippen LogP contribution in [0.4, 0.5) is 0 Å². The molecule has 0 spiro atoms. The summed E-state index contributed by atoms with van der Waals surface area (Å²) in [5.74, 6) is 0.199. The van der Waals surface area contributed by atoms with Gasteiger partial charge in [-0.25, -0.2) is 0 Å². The molecule has 0 fully saturated rings. The lowest BCUT2D eigenvalue weighted by molar-refractivity contribution is -0.133. The van der Waals surface area contributed by atoms with Crippen molar-refractivity contribution in [3.05, 3.63) is 23.5 Å². The van der Waals surface area contributed by atoms with Crippen LogP contribution in [-0.2, 0) is 11.3 Å². The average molecular weight is 235 g/mol. The Morgan fingerprint density at radius 1 is 1.47 bits per heavy atom. The van der Waals surface area contributed by atoms with Gasteiger partial charge < -0.3 is 14.8 Å². The number of carbonyl (C=O) groups is 1. The largest absolute Gasteiger partial charge is 0.345 e. The molecule has 1 amide bonds. The summed E-state index contributed by atoms with van der Waals surface area (Å²) in [5.41, 5.74) is 2.53. The number of likely N-dealkylation sites (N-methyl/N-ethyl adjacent to an activating group) is 1. The van der Waals surface area contributed by atoms with Crippen molar-refractivity contribution in [2.75, 3.05) is 19.6 Å². The van der Waals surface area contributed by atoms with Crippen molar-refractivity contribution in [2.45, 2.75) is 33.4 Å². The molecule has 4 heteroatoms. The molecule has 94 valence electrons. The molecule has 2 rings (SSSR count). The number of carbonyl (C=O) groups excluding carboxylic acids is 1. The molecule has 2 heterocycles. The van der Waals surface area contributed by atoms with Crippen LogP contribution in [0.15, 0.2) is 12.1 Å². The highest BCUT2D eigenvalue weighted by atomic mass is 16.2. The van der Waals surface area contributed by atoms with Crippen molar-refractivity contribution >= 4 is 5.91 Å². The van der Waals surface area contributed by atoms with Gasteiger partial charge in [-0.1, -0.05) is 6.92 Å². The van der Waals surface area contributed by atoms with Gasteiger partial charge in [-0.2, -0.15) is 0 Å². The van der Waals surface area contributed by atoms with E-state index in [1.54, 1.807) is 0 Å². The van der Waals surface area contributed by atoms with Crippen molar-refractivity contribution in [1.82, 2.24) is 14.8 Å². The van der Waals surface area contributed by atoms with Gasteiger partial charge >= 0.3 is 0 Å². The average Bonchev–Trinajstić information content (AvgIpc) is 2.69. The molecular weight excluding hydrogens is 214 g/mol. The molecule has 1 unspecified atom stereocenters. The highest BCUT2D eigenvalue weighted by molar-refractivity contribution is 5.78. The topological polar surface area (TPSA) is 37.3 Å². The van der Waals surface area contributed by atoms with Crippen LogP contribution >= 0.6 is 0 Å². The quantitative estimate of drug-likeness (QED) is 0.857. The van der Waals surface area contributed by atoms with E-state index in [0.29, 0.717) is 6.54 Å². The molecular formula is C13H21N3O. The smallest absolute Gasteiger partial charge is 0.237 e. The molecule has 1 aromatic rings. The standard InChI is InChI=1S/C13H21N3O/c1-4-14-9-13(17)16-8-7-15-10(2)5-6-12(15)11(16)3/h5-6,11,14H,4,7-9H2,1-3H3. The number of rotatable bonds is 3. The van der Waals surface area contributed by atoms with Crippen molar-refractivity contribution in [3.63, 3.8) is 0 Å². The minimum atomic E-state index is 0.184. The predicted octanol–water partition coefficient (Wildman–Crippen LogP) is 1.31. The number of nitrogens with zero attached hydrogens (tertiary/aromatic N) is 2. The number of aromatic nitrogens is 1. The van der Waals surface area contributed by atoms with E-state index >= 15 is 0 Å². The summed E-state index contributed by atoms with van der Waals surface area (Å²) in [6, 6.07) is 4.44. The lowest BCUT2D eigenvalue weighted by atomic mass is 10.1. The fourth-order valence-electron chi connectivity index (χ4n) is 2.50. The molecule has 17 heavy (non-hydrogen) atoms. The second-order valence-corrected chi connectivity index (χ2v) is 4.59. The first-order chi connectivity index (χ1) is 8.15. The number of amides is 1. The van der Waals surface area contributed by atoms with Gasteiger partial charge in [-0.15, -0.1) is 0 Å². The van der Waals surface area contributed by atoms with E-state index in [4.69, 9.17) is 0 Å². The zero-order valence-electron chi connectivity index (χ0n) is 10.9. The third kappa shape index (κ3) is 2.22. The minimum Gasteiger partial charge on any atom is -0.345 e. The lowest BCUT2D eigenvalue weighted by Crippen LogP contribution is -2.44. The highest BCUT2D eigenvalue weighted by Crippen LogP contribution is 2.26. The van der Waals surface area contributed by atoms with Crippen LogP contribution in [0.2, 0.25) is 0 Å². The maximum absolute atomic E-state index is 12.0. The summed E-state index contributed by atoms with van der Waals surface area (Å²) in [6.45, 7) is 9.25. The van der Waals surface area contributed by atoms with E-state index in [9.17, 15) is 4.79 Å². The van der Waals surface area contributed by atoms with Gasteiger partial charge in [0, 0.05) is 24.5 Å². The second-order valence-electron chi connectivity index (χ2n) is 4.59. The second kappa shape index (κ2) is 4.92. The van der Waals surface area contributed by atoms with Crippen molar-refractivity contribution in [3.8, 4) is 0 Å². The van der Waals surface area contributed by atoms with Crippen LogP contribution in [0, 0.1) is 6.92 Å². The summed E-state index contributed by atoms with van der Waals surface area (Å²) in [4.78, 5) is 14.0. The Kier molecular flexibility index (Phi) is 3.52. The molecule has 1 aromatic heterocycles.